The molecular formula is C24H28O4. The van der Waals surface area contributed by atoms with E-state index in [0.29, 0.717) is 11.1 Å². The van der Waals surface area contributed by atoms with Gasteiger partial charge in [0.2, 0.25) is 0 Å². The summed E-state index contributed by atoms with van der Waals surface area (Å²) in [6.45, 7) is 1.71. The predicted molar refractivity (Wildman–Crippen MR) is 108 cm³/mol. The lowest BCUT2D eigenvalue weighted by molar-refractivity contribution is -0.138. The molecule has 0 aromatic heterocycles. The molecule has 4 nitrogen and oxygen atoms in total. The lowest BCUT2D eigenvalue weighted by Gasteiger charge is -2.31. The maximum Gasteiger partial charge on any atom is 0.338 e. The number of aliphatic hydroxyl groups is 1. The molecule has 3 rings (SSSR count). The second-order valence-electron chi connectivity index (χ2n) is 7.64. The van der Waals surface area contributed by atoms with Crippen molar-refractivity contribution in [1.29, 1.82) is 0 Å². The number of hydrogen-bond acceptors (Lipinski definition) is 4. The van der Waals surface area contributed by atoms with Crippen molar-refractivity contribution in [2.45, 2.75) is 51.2 Å². The largest absolute Gasteiger partial charge is 0.450 e. The SMILES string of the molecule is C[C@H](C(=O)[C@@H](OC(=O)c1ccccc1)C1CCCCC1)[C@H](O)c1ccccc1. The molecule has 148 valence electrons. The first-order chi connectivity index (χ1) is 13.6. The summed E-state index contributed by atoms with van der Waals surface area (Å²) < 4.78 is 5.75. The van der Waals surface area contributed by atoms with Gasteiger partial charge >= 0.3 is 5.97 Å². The summed E-state index contributed by atoms with van der Waals surface area (Å²) in [5.74, 6) is -1.32. The van der Waals surface area contributed by atoms with Crippen molar-refractivity contribution in [2.24, 2.45) is 11.8 Å². The highest BCUT2D eigenvalue weighted by Crippen LogP contribution is 2.33. The van der Waals surface area contributed by atoms with E-state index in [1.54, 1.807) is 43.3 Å². The van der Waals surface area contributed by atoms with Gasteiger partial charge in [-0.3, -0.25) is 4.79 Å². The minimum Gasteiger partial charge on any atom is -0.450 e. The van der Waals surface area contributed by atoms with E-state index in [1.165, 1.54) is 0 Å². The van der Waals surface area contributed by atoms with Crippen LogP contribution >= 0.6 is 0 Å². The standard InChI is InChI=1S/C24H28O4/c1-17(21(25)18-11-5-2-6-12-18)22(26)23(19-13-7-3-8-14-19)28-24(27)20-15-9-4-10-16-20/h2,4-6,9-12,15-17,19,21,23,25H,3,7-8,13-14H2,1H3/t17-,21-,23-/m0/s1. The van der Waals surface area contributed by atoms with E-state index >= 15 is 0 Å². The van der Waals surface area contributed by atoms with Crippen molar-refractivity contribution in [3.8, 4) is 0 Å². The Kier molecular flexibility index (Phi) is 6.99. The molecule has 1 N–H and O–H groups in total. The van der Waals surface area contributed by atoms with Crippen LogP contribution in [-0.2, 0) is 9.53 Å². The maximum atomic E-state index is 13.3. The Morgan fingerprint density at radius 3 is 2.11 bits per heavy atom. The average Bonchev–Trinajstić information content (AvgIpc) is 2.77. The molecule has 3 atom stereocenters. The molecule has 1 fully saturated rings. The Morgan fingerprint density at radius 2 is 1.50 bits per heavy atom. The summed E-state index contributed by atoms with van der Waals surface area (Å²) in [6, 6.07) is 17.9. The fraction of sp³-hybridized carbons (Fsp3) is 0.417. The second-order valence-corrected chi connectivity index (χ2v) is 7.64. The van der Waals surface area contributed by atoms with Gasteiger partial charge in [-0.2, -0.15) is 0 Å². The van der Waals surface area contributed by atoms with Gasteiger partial charge in [0.15, 0.2) is 11.9 Å². The van der Waals surface area contributed by atoms with Crippen LogP contribution in [0.5, 0.6) is 0 Å². The zero-order chi connectivity index (χ0) is 19.9. The number of Topliss-reactive ketones (excluding diaryl/α,β-unsaturated/α-hetero) is 1. The number of ketones is 1. The molecule has 28 heavy (non-hydrogen) atoms. The Morgan fingerprint density at radius 1 is 0.929 bits per heavy atom. The molecule has 0 saturated heterocycles. The van der Waals surface area contributed by atoms with Gasteiger partial charge in [0.25, 0.3) is 0 Å². The average molecular weight is 380 g/mol. The summed E-state index contributed by atoms with van der Waals surface area (Å²) >= 11 is 0. The molecule has 0 unspecified atom stereocenters. The number of rotatable bonds is 7. The predicted octanol–water partition coefficient (Wildman–Crippen LogP) is 4.73. The van der Waals surface area contributed by atoms with E-state index in [2.05, 4.69) is 0 Å². The molecule has 0 radical (unpaired) electrons. The summed E-state index contributed by atoms with van der Waals surface area (Å²) in [5, 5.41) is 10.7. The van der Waals surface area contributed by atoms with E-state index < -0.39 is 24.1 Å². The topological polar surface area (TPSA) is 63.6 Å². The zero-order valence-corrected chi connectivity index (χ0v) is 16.3. The number of esters is 1. The molecule has 2 aromatic rings. The van der Waals surface area contributed by atoms with Crippen LogP contribution in [-0.4, -0.2) is 23.0 Å². The van der Waals surface area contributed by atoms with E-state index in [0.717, 1.165) is 32.1 Å². The normalized spacial score (nSPS) is 18.1. The van der Waals surface area contributed by atoms with Gasteiger partial charge in [0.05, 0.1) is 11.7 Å². The highest BCUT2D eigenvalue weighted by atomic mass is 16.5. The van der Waals surface area contributed by atoms with Gasteiger partial charge in [0, 0.05) is 11.8 Å². The van der Waals surface area contributed by atoms with Crippen LogP contribution in [0.25, 0.3) is 0 Å². The molecule has 2 aromatic carbocycles. The van der Waals surface area contributed by atoms with Crippen molar-refractivity contribution in [3.63, 3.8) is 0 Å². The van der Waals surface area contributed by atoms with Gasteiger partial charge < -0.3 is 9.84 Å². The minimum absolute atomic E-state index is 0.0133. The molecule has 1 saturated carbocycles. The van der Waals surface area contributed by atoms with Crippen LogP contribution in [0.4, 0.5) is 0 Å². The molecule has 0 spiro atoms. The number of carbonyl (C=O) groups excluding carboxylic acids is 2. The summed E-state index contributed by atoms with van der Waals surface area (Å²) in [7, 11) is 0. The molecule has 0 heterocycles. The Labute approximate surface area is 166 Å². The molecule has 1 aliphatic carbocycles. The van der Waals surface area contributed by atoms with E-state index in [4.69, 9.17) is 4.74 Å². The summed E-state index contributed by atoms with van der Waals surface area (Å²) in [4.78, 5) is 25.9. The Hall–Kier alpha value is -2.46. The van der Waals surface area contributed by atoms with Crippen molar-refractivity contribution < 1.29 is 19.4 Å². The molecular weight excluding hydrogens is 352 g/mol. The van der Waals surface area contributed by atoms with Crippen molar-refractivity contribution in [1.82, 2.24) is 0 Å². The first-order valence-electron chi connectivity index (χ1n) is 10.1. The number of carbonyl (C=O) groups is 2. The summed E-state index contributed by atoms with van der Waals surface area (Å²) in [6.07, 6.45) is 3.21. The Bertz CT molecular complexity index is 766. The van der Waals surface area contributed by atoms with E-state index in [-0.39, 0.29) is 11.7 Å². The van der Waals surface area contributed by atoms with Gasteiger partial charge in [0.1, 0.15) is 0 Å². The molecule has 1 aliphatic rings. The lowest BCUT2D eigenvalue weighted by atomic mass is 9.80. The number of benzene rings is 2. The first-order valence-corrected chi connectivity index (χ1v) is 10.1. The first kappa shape index (κ1) is 20.3. The van der Waals surface area contributed by atoms with Crippen LogP contribution in [0, 0.1) is 11.8 Å². The second kappa shape index (κ2) is 9.65. The molecule has 4 heteroatoms. The van der Waals surface area contributed by atoms with Crippen molar-refractivity contribution in [3.05, 3.63) is 71.8 Å². The quantitative estimate of drug-likeness (QED) is 0.705. The van der Waals surface area contributed by atoms with Gasteiger partial charge in [-0.15, -0.1) is 0 Å². The third-order valence-electron chi connectivity index (χ3n) is 5.67. The van der Waals surface area contributed by atoms with Crippen molar-refractivity contribution in [2.75, 3.05) is 0 Å². The van der Waals surface area contributed by atoms with Gasteiger partial charge in [-0.05, 0) is 30.5 Å². The van der Waals surface area contributed by atoms with Crippen LogP contribution in [0.1, 0.15) is 61.1 Å². The fourth-order valence-corrected chi connectivity index (χ4v) is 3.93. The lowest BCUT2D eigenvalue weighted by Crippen LogP contribution is -2.40. The van der Waals surface area contributed by atoms with E-state index in [9.17, 15) is 14.7 Å². The van der Waals surface area contributed by atoms with Gasteiger partial charge in [-0.25, -0.2) is 4.79 Å². The third-order valence-corrected chi connectivity index (χ3v) is 5.67. The minimum atomic E-state index is -0.921. The molecule has 0 amide bonds. The number of aliphatic hydroxyl groups excluding tert-OH is 1. The zero-order valence-electron chi connectivity index (χ0n) is 16.3. The number of ether oxygens (including phenoxy) is 1. The number of hydrogen-bond donors (Lipinski definition) is 1. The van der Waals surface area contributed by atoms with Crippen LogP contribution in [0.15, 0.2) is 60.7 Å². The van der Waals surface area contributed by atoms with Crippen molar-refractivity contribution >= 4 is 11.8 Å². The monoisotopic (exact) mass is 380 g/mol. The summed E-state index contributed by atoms with van der Waals surface area (Å²) in [5.41, 5.74) is 1.13. The molecule has 0 aliphatic heterocycles. The van der Waals surface area contributed by atoms with Crippen LogP contribution < -0.4 is 0 Å². The van der Waals surface area contributed by atoms with Gasteiger partial charge in [-0.1, -0.05) is 74.7 Å². The highest BCUT2D eigenvalue weighted by Gasteiger charge is 2.38. The third kappa shape index (κ3) is 4.87. The molecule has 0 bridgehead atoms. The smallest absolute Gasteiger partial charge is 0.338 e. The van der Waals surface area contributed by atoms with E-state index in [1.807, 2.05) is 24.3 Å². The Balaban J connectivity index is 1.79. The fourth-order valence-electron chi connectivity index (χ4n) is 3.93. The van der Waals surface area contributed by atoms with Crippen LogP contribution in [0.3, 0.4) is 0 Å². The highest BCUT2D eigenvalue weighted by molar-refractivity contribution is 5.93. The van der Waals surface area contributed by atoms with Crippen LogP contribution in [0.2, 0.25) is 0 Å². The maximum absolute atomic E-state index is 13.3.